The quantitative estimate of drug-likeness (QED) is 0.835. The van der Waals surface area contributed by atoms with Crippen LogP contribution in [0.5, 0.6) is 5.75 Å². The Morgan fingerprint density at radius 2 is 1.86 bits per heavy atom. The molecule has 1 atom stereocenters. The van der Waals surface area contributed by atoms with Gasteiger partial charge in [0.2, 0.25) is 0 Å². The van der Waals surface area contributed by atoms with Crippen molar-refractivity contribution >= 4 is 23.2 Å². The molecule has 112 valence electrons. The molecule has 21 heavy (non-hydrogen) atoms. The van der Waals surface area contributed by atoms with Crippen LogP contribution in [-0.4, -0.2) is 13.7 Å². The molecule has 1 unspecified atom stereocenters. The molecular weight excluding hydrogens is 305 g/mol. The number of nitrogens with one attached hydrogen (secondary N) is 1. The molecule has 0 amide bonds. The van der Waals surface area contributed by atoms with E-state index in [0.717, 1.165) is 16.9 Å². The van der Waals surface area contributed by atoms with Gasteiger partial charge in [-0.15, -0.1) is 0 Å². The zero-order valence-electron chi connectivity index (χ0n) is 12.4. The van der Waals surface area contributed by atoms with E-state index in [-0.39, 0.29) is 6.04 Å². The third kappa shape index (κ3) is 3.70. The van der Waals surface area contributed by atoms with Gasteiger partial charge in [0.15, 0.2) is 0 Å². The van der Waals surface area contributed by atoms with Crippen LogP contribution in [0.4, 0.5) is 0 Å². The first-order valence-electron chi connectivity index (χ1n) is 6.92. The van der Waals surface area contributed by atoms with Gasteiger partial charge in [0.05, 0.1) is 22.7 Å². The molecule has 0 saturated heterocycles. The Kier molecular flexibility index (Phi) is 5.51. The summed E-state index contributed by atoms with van der Waals surface area (Å²) in [5.74, 6) is 0.883. The van der Waals surface area contributed by atoms with E-state index in [2.05, 4.69) is 24.4 Å². The summed E-state index contributed by atoms with van der Waals surface area (Å²) in [6.07, 6.45) is 0. The van der Waals surface area contributed by atoms with Crippen LogP contribution in [0.15, 0.2) is 36.4 Å². The molecule has 0 spiro atoms. The van der Waals surface area contributed by atoms with Crippen molar-refractivity contribution in [2.24, 2.45) is 0 Å². The normalized spacial score (nSPS) is 12.2. The number of hydrogen-bond donors (Lipinski definition) is 1. The number of ether oxygens (including phenoxy) is 1. The standard InChI is InChI=1S/C17H19Cl2NO/c1-4-21-16-8-5-11(2)9-13(16)17(20-3)12-6-7-14(18)15(19)10-12/h5-10,17,20H,4H2,1-3H3. The van der Waals surface area contributed by atoms with Crippen LogP contribution in [-0.2, 0) is 0 Å². The molecule has 0 aliphatic heterocycles. The average molecular weight is 324 g/mol. The van der Waals surface area contributed by atoms with Crippen molar-refractivity contribution in [3.05, 3.63) is 63.1 Å². The Bertz CT molecular complexity index is 628. The Morgan fingerprint density at radius 3 is 2.48 bits per heavy atom. The summed E-state index contributed by atoms with van der Waals surface area (Å²) in [4.78, 5) is 0. The number of hydrogen-bond acceptors (Lipinski definition) is 2. The minimum atomic E-state index is 0.00113. The van der Waals surface area contributed by atoms with E-state index < -0.39 is 0 Å². The van der Waals surface area contributed by atoms with Crippen LogP contribution >= 0.6 is 23.2 Å². The van der Waals surface area contributed by atoms with Crippen LogP contribution in [0.2, 0.25) is 10.0 Å². The minimum Gasteiger partial charge on any atom is -0.494 e. The lowest BCUT2D eigenvalue weighted by Gasteiger charge is -2.21. The van der Waals surface area contributed by atoms with E-state index in [9.17, 15) is 0 Å². The molecule has 0 fully saturated rings. The molecular formula is C17H19Cl2NO. The fraction of sp³-hybridized carbons (Fsp3) is 0.294. The SMILES string of the molecule is CCOc1ccc(C)cc1C(NC)c1ccc(Cl)c(Cl)c1. The lowest BCUT2D eigenvalue weighted by molar-refractivity contribution is 0.334. The van der Waals surface area contributed by atoms with Crippen molar-refractivity contribution < 1.29 is 4.74 Å². The Morgan fingerprint density at radius 1 is 1.10 bits per heavy atom. The first-order valence-corrected chi connectivity index (χ1v) is 7.68. The Balaban J connectivity index is 2.49. The Hall–Kier alpha value is -1.22. The largest absolute Gasteiger partial charge is 0.494 e. The van der Waals surface area contributed by atoms with Crippen LogP contribution in [0.25, 0.3) is 0 Å². The molecule has 0 saturated carbocycles. The predicted octanol–water partition coefficient (Wildman–Crippen LogP) is 5.01. The highest BCUT2D eigenvalue weighted by Gasteiger charge is 2.18. The van der Waals surface area contributed by atoms with E-state index in [1.165, 1.54) is 5.56 Å². The highest BCUT2D eigenvalue weighted by molar-refractivity contribution is 6.42. The van der Waals surface area contributed by atoms with Gasteiger partial charge in [0.25, 0.3) is 0 Å². The fourth-order valence-electron chi connectivity index (χ4n) is 2.37. The van der Waals surface area contributed by atoms with Gasteiger partial charge in [-0.3, -0.25) is 0 Å². The van der Waals surface area contributed by atoms with E-state index in [4.69, 9.17) is 27.9 Å². The van der Waals surface area contributed by atoms with Gasteiger partial charge in [-0.05, 0) is 44.7 Å². The monoisotopic (exact) mass is 323 g/mol. The van der Waals surface area contributed by atoms with Crippen LogP contribution in [0.3, 0.4) is 0 Å². The van der Waals surface area contributed by atoms with Gasteiger partial charge in [0, 0.05) is 5.56 Å². The molecule has 0 aromatic heterocycles. The zero-order valence-corrected chi connectivity index (χ0v) is 13.9. The smallest absolute Gasteiger partial charge is 0.124 e. The highest BCUT2D eigenvalue weighted by atomic mass is 35.5. The molecule has 2 aromatic carbocycles. The summed E-state index contributed by atoms with van der Waals surface area (Å²) >= 11 is 12.1. The van der Waals surface area contributed by atoms with E-state index in [1.807, 2.05) is 38.2 Å². The second kappa shape index (κ2) is 7.17. The van der Waals surface area contributed by atoms with Gasteiger partial charge >= 0.3 is 0 Å². The van der Waals surface area contributed by atoms with Gasteiger partial charge in [-0.25, -0.2) is 0 Å². The second-order valence-corrected chi connectivity index (χ2v) is 5.68. The zero-order chi connectivity index (χ0) is 15.4. The molecule has 0 bridgehead atoms. The van der Waals surface area contributed by atoms with Gasteiger partial charge < -0.3 is 10.1 Å². The third-order valence-corrected chi connectivity index (χ3v) is 4.08. The lowest BCUT2D eigenvalue weighted by atomic mass is 9.96. The molecule has 4 heteroatoms. The topological polar surface area (TPSA) is 21.3 Å². The summed E-state index contributed by atoms with van der Waals surface area (Å²) in [7, 11) is 1.92. The maximum atomic E-state index is 6.14. The van der Waals surface area contributed by atoms with E-state index in [0.29, 0.717) is 16.7 Å². The molecule has 0 heterocycles. The lowest BCUT2D eigenvalue weighted by Crippen LogP contribution is -2.19. The van der Waals surface area contributed by atoms with E-state index >= 15 is 0 Å². The number of halogens is 2. The van der Waals surface area contributed by atoms with Crippen molar-refractivity contribution in [1.29, 1.82) is 0 Å². The van der Waals surface area contributed by atoms with Crippen LogP contribution < -0.4 is 10.1 Å². The Labute approximate surface area is 136 Å². The predicted molar refractivity (Wildman–Crippen MR) is 89.7 cm³/mol. The van der Waals surface area contributed by atoms with Gasteiger partial charge in [0.1, 0.15) is 5.75 Å². The van der Waals surface area contributed by atoms with Crippen molar-refractivity contribution in [3.8, 4) is 5.75 Å². The van der Waals surface area contributed by atoms with Crippen LogP contribution in [0.1, 0.15) is 29.7 Å². The number of benzene rings is 2. The minimum absolute atomic E-state index is 0.00113. The molecule has 0 radical (unpaired) electrons. The van der Waals surface area contributed by atoms with Crippen molar-refractivity contribution in [1.82, 2.24) is 5.32 Å². The summed E-state index contributed by atoms with van der Waals surface area (Å²) in [5, 5.41) is 4.44. The summed E-state index contributed by atoms with van der Waals surface area (Å²) in [6.45, 7) is 4.69. The number of rotatable bonds is 5. The van der Waals surface area contributed by atoms with Crippen molar-refractivity contribution in [2.45, 2.75) is 19.9 Å². The van der Waals surface area contributed by atoms with Crippen LogP contribution in [0, 0.1) is 6.92 Å². The average Bonchev–Trinajstić information content (AvgIpc) is 2.46. The van der Waals surface area contributed by atoms with Crippen molar-refractivity contribution in [2.75, 3.05) is 13.7 Å². The third-order valence-electron chi connectivity index (χ3n) is 3.34. The van der Waals surface area contributed by atoms with Gasteiger partial charge in [-0.2, -0.15) is 0 Å². The van der Waals surface area contributed by atoms with Gasteiger partial charge in [-0.1, -0.05) is 47.0 Å². The first-order chi connectivity index (χ1) is 10.1. The fourth-order valence-corrected chi connectivity index (χ4v) is 2.68. The summed E-state index contributed by atoms with van der Waals surface area (Å²) < 4.78 is 5.75. The molecule has 2 rings (SSSR count). The first kappa shape index (κ1) is 16.2. The summed E-state index contributed by atoms with van der Waals surface area (Å²) in [6, 6.07) is 11.9. The molecule has 1 N–H and O–H groups in total. The molecule has 0 aliphatic rings. The van der Waals surface area contributed by atoms with Crippen molar-refractivity contribution in [3.63, 3.8) is 0 Å². The highest BCUT2D eigenvalue weighted by Crippen LogP contribution is 2.33. The van der Waals surface area contributed by atoms with E-state index in [1.54, 1.807) is 0 Å². The maximum Gasteiger partial charge on any atom is 0.124 e. The summed E-state index contributed by atoms with van der Waals surface area (Å²) in [5.41, 5.74) is 3.34. The maximum absolute atomic E-state index is 6.14. The second-order valence-electron chi connectivity index (χ2n) is 4.87. The number of aryl methyl sites for hydroxylation is 1. The molecule has 2 aromatic rings. The molecule has 0 aliphatic carbocycles. The molecule has 2 nitrogen and oxygen atoms in total.